The maximum absolute atomic E-state index is 13.1. The van der Waals surface area contributed by atoms with Crippen molar-refractivity contribution in [1.82, 2.24) is 10.2 Å². The van der Waals surface area contributed by atoms with E-state index in [0.717, 1.165) is 16.9 Å². The van der Waals surface area contributed by atoms with Gasteiger partial charge in [0.1, 0.15) is 11.2 Å². The molecule has 2 aromatic rings. The van der Waals surface area contributed by atoms with Crippen molar-refractivity contribution in [2.75, 3.05) is 20.2 Å². The fourth-order valence-electron chi connectivity index (χ4n) is 3.49. The van der Waals surface area contributed by atoms with E-state index in [1.165, 1.54) is 0 Å². The molecule has 0 saturated heterocycles. The molecule has 0 spiro atoms. The molecule has 0 bridgehead atoms. The fraction of sp³-hybridized carbons (Fsp3) is 0.391. The number of carbonyl (C=O) groups excluding carboxylic acids is 2. The van der Waals surface area contributed by atoms with Crippen LogP contribution in [0.1, 0.15) is 30.9 Å². The van der Waals surface area contributed by atoms with E-state index in [0.29, 0.717) is 38.9 Å². The molecule has 1 fully saturated rings. The highest BCUT2D eigenvalue weighted by molar-refractivity contribution is 6.07. The third kappa shape index (κ3) is 4.35. The number of ether oxygens (including phenoxy) is 1. The van der Waals surface area contributed by atoms with Gasteiger partial charge < -0.3 is 15.0 Å². The molecular weight excluding hydrogens is 352 g/mol. The first-order chi connectivity index (χ1) is 13.6. The minimum absolute atomic E-state index is 0.0614. The number of benzene rings is 2. The fourth-order valence-corrected chi connectivity index (χ4v) is 3.49. The summed E-state index contributed by atoms with van der Waals surface area (Å²) in [5, 5.41) is 2.97. The van der Waals surface area contributed by atoms with Gasteiger partial charge in [0, 0.05) is 19.6 Å². The van der Waals surface area contributed by atoms with Crippen LogP contribution in [0.25, 0.3) is 0 Å². The van der Waals surface area contributed by atoms with Crippen LogP contribution in [0.2, 0.25) is 0 Å². The number of hydrogen-bond acceptors (Lipinski definition) is 3. The van der Waals surface area contributed by atoms with Gasteiger partial charge in [-0.15, -0.1) is 0 Å². The molecule has 1 saturated carbocycles. The maximum atomic E-state index is 13.1. The number of nitrogens with zero attached hydrogens (tertiary/aromatic N) is 1. The Hall–Kier alpha value is -2.82. The molecule has 5 nitrogen and oxygen atoms in total. The number of carbonyl (C=O) groups is 2. The second kappa shape index (κ2) is 8.91. The molecule has 28 heavy (non-hydrogen) atoms. The van der Waals surface area contributed by atoms with Gasteiger partial charge in [-0.3, -0.25) is 9.59 Å². The van der Waals surface area contributed by atoms with Crippen LogP contribution >= 0.6 is 0 Å². The molecule has 148 valence electrons. The van der Waals surface area contributed by atoms with Crippen LogP contribution in [0.3, 0.4) is 0 Å². The number of amides is 2. The number of para-hydroxylation sites is 1. The van der Waals surface area contributed by atoms with Crippen molar-refractivity contribution in [3.63, 3.8) is 0 Å². The van der Waals surface area contributed by atoms with Gasteiger partial charge in [-0.25, -0.2) is 0 Å². The van der Waals surface area contributed by atoms with E-state index in [1.54, 1.807) is 12.0 Å². The van der Waals surface area contributed by atoms with Crippen molar-refractivity contribution in [3.8, 4) is 5.75 Å². The first kappa shape index (κ1) is 19.9. The van der Waals surface area contributed by atoms with E-state index in [9.17, 15) is 9.59 Å². The van der Waals surface area contributed by atoms with Crippen molar-refractivity contribution < 1.29 is 14.3 Å². The third-order valence-electron chi connectivity index (χ3n) is 5.35. The first-order valence-corrected chi connectivity index (χ1v) is 9.84. The molecule has 1 aliphatic rings. The summed E-state index contributed by atoms with van der Waals surface area (Å²) in [6.45, 7) is 3.56. The van der Waals surface area contributed by atoms with E-state index in [2.05, 4.69) is 5.32 Å². The van der Waals surface area contributed by atoms with Crippen molar-refractivity contribution in [1.29, 1.82) is 0 Å². The lowest BCUT2D eigenvalue weighted by atomic mass is 10.0. The van der Waals surface area contributed by atoms with Crippen LogP contribution in [0, 0.1) is 5.41 Å². The molecule has 0 radical (unpaired) electrons. The summed E-state index contributed by atoms with van der Waals surface area (Å²) in [5.74, 6) is 0.599. The van der Waals surface area contributed by atoms with Gasteiger partial charge in [0.25, 0.3) is 0 Å². The van der Waals surface area contributed by atoms with Gasteiger partial charge in [0.15, 0.2) is 0 Å². The van der Waals surface area contributed by atoms with Crippen LogP contribution in [0.4, 0.5) is 0 Å². The Bertz CT molecular complexity index is 816. The van der Waals surface area contributed by atoms with Crippen molar-refractivity contribution >= 4 is 11.8 Å². The highest BCUT2D eigenvalue weighted by Gasteiger charge is 2.57. The summed E-state index contributed by atoms with van der Waals surface area (Å²) in [5.41, 5.74) is 1.23. The molecule has 0 aliphatic heterocycles. The zero-order valence-electron chi connectivity index (χ0n) is 16.6. The SMILES string of the molecule is CCN(Cc1ccccc1)C(=O)C1(C(=O)NCCc2ccccc2OC)CC1. The average molecular weight is 380 g/mol. The largest absolute Gasteiger partial charge is 0.496 e. The van der Waals surface area contributed by atoms with Crippen LogP contribution in [0.15, 0.2) is 54.6 Å². The van der Waals surface area contributed by atoms with Crippen LogP contribution in [0.5, 0.6) is 5.75 Å². The zero-order chi connectivity index (χ0) is 20.0. The van der Waals surface area contributed by atoms with Gasteiger partial charge in [0.2, 0.25) is 11.8 Å². The summed E-state index contributed by atoms with van der Waals surface area (Å²) in [4.78, 5) is 27.7. The lowest BCUT2D eigenvalue weighted by Crippen LogP contribution is -2.45. The topological polar surface area (TPSA) is 58.6 Å². The monoisotopic (exact) mass is 380 g/mol. The smallest absolute Gasteiger partial charge is 0.238 e. The van der Waals surface area contributed by atoms with Crippen LogP contribution < -0.4 is 10.1 Å². The quantitative estimate of drug-likeness (QED) is 0.680. The number of methoxy groups -OCH3 is 1. The number of hydrogen-bond donors (Lipinski definition) is 1. The number of rotatable bonds is 9. The van der Waals surface area contributed by atoms with Gasteiger partial charge in [0.05, 0.1) is 7.11 Å². The Morgan fingerprint density at radius 1 is 1.07 bits per heavy atom. The van der Waals surface area contributed by atoms with E-state index < -0.39 is 5.41 Å². The minimum atomic E-state index is -0.883. The summed E-state index contributed by atoms with van der Waals surface area (Å²) in [7, 11) is 1.64. The molecule has 1 aliphatic carbocycles. The molecule has 2 aromatic carbocycles. The number of nitrogens with one attached hydrogen (secondary N) is 1. The highest BCUT2D eigenvalue weighted by atomic mass is 16.5. The molecule has 2 amide bonds. The Labute approximate surface area is 166 Å². The first-order valence-electron chi connectivity index (χ1n) is 9.84. The molecule has 0 aromatic heterocycles. The summed E-state index contributed by atoms with van der Waals surface area (Å²) >= 11 is 0. The highest BCUT2D eigenvalue weighted by Crippen LogP contribution is 2.47. The Morgan fingerprint density at radius 3 is 2.39 bits per heavy atom. The van der Waals surface area contributed by atoms with Gasteiger partial charge in [-0.2, -0.15) is 0 Å². The van der Waals surface area contributed by atoms with Crippen molar-refractivity contribution in [2.24, 2.45) is 5.41 Å². The van der Waals surface area contributed by atoms with Crippen LogP contribution in [-0.2, 0) is 22.6 Å². The minimum Gasteiger partial charge on any atom is -0.496 e. The summed E-state index contributed by atoms with van der Waals surface area (Å²) in [6, 6.07) is 17.7. The summed E-state index contributed by atoms with van der Waals surface area (Å²) in [6.07, 6.45) is 1.91. The average Bonchev–Trinajstić information content (AvgIpc) is 3.54. The van der Waals surface area contributed by atoms with E-state index >= 15 is 0 Å². The van der Waals surface area contributed by atoms with Crippen LogP contribution in [-0.4, -0.2) is 36.9 Å². The van der Waals surface area contributed by atoms with E-state index in [4.69, 9.17) is 4.74 Å². The van der Waals surface area contributed by atoms with Crippen molar-refractivity contribution in [2.45, 2.75) is 32.7 Å². The van der Waals surface area contributed by atoms with Gasteiger partial charge >= 0.3 is 0 Å². The molecule has 0 heterocycles. The summed E-state index contributed by atoms with van der Waals surface area (Å²) < 4.78 is 5.35. The van der Waals surface area contributed by atoms with E-state index in [-0.39, 0.29) is 11.8 Å². The Morgan fingerprint density at radius 2 is 1.75 bits per heavy atom. The standard InChI is InChI=1S/C23H28N2O3/c1-3-25(17-18-9-5-4-6-10-18)22(27)23(14-15-23)21(26)24-16-13-19-11-7-8-12-20(19)28-2/h4-12H,3,13-17H2,1-2H3,(H,24,26). The lowest BCUT2D eigenvalue weighted by Gasteiger charge is -2.26. The molecule has 3 rings (SSSR count). The normalized spacial score (nSPS) is 14.2. The third-order valence-corrected chi connectivity index (χ3v) is 5.35. The molecule has 0 atom stereocenters. The van der Waals surface area contributed by atoms with E-state index in [1.807, 2.05) is 61.5 Å². The van der Waals surface area contributed by atoms with Gasteiger partial charge in [-0.1, -0.05) is 48.5 Å². The molecular formula is C23H28N2O3. The van der Waals surface area contributed by atoms with Crippen molar-refractivity contribution in [3.05, 3.63) is 65.7 Å². The zero-order valence-corrected chi connectivity index (χ0v) is 16.6. The lowest BCUT2D eigenvalue weighted by molar-refractivity contribution is -0.144. The molecule has 0 unspecified atom stereocenters. The molecule has 5 heteroatoms. The Balaban J connectivity index is 1.58. The predicted molar refractivity (Wildman–Crippen MR) is 109 cm³/mol. The Kier molecular flexibility index (Phi) is 6.34. The maximum Gasteiger partial charge on any atom is 0.238 e. The molecule has 1 N–H and O–H groups in total. The second-order valence-corrected chi connectivity index (χ2v) is 7.20. The van der Waals surface area contributed by atoms with Gasteiger partial charge in [-0.05, 0) is 43.4 Å². The second-order valence-electron chi connectivity index (χ2n) is 7.20. The predicted octanol–water partition coefficient (Wildman–Crippen LogP) is 3.18.